The van der Waals surface area contributed by atoms with Crippen LogP contribution in [0.25, 0.3) is 0 Å². The molecule has 0 spiro atoms. The van der Waals surface area contributed by atoms with Gasteiger partial charge in [0.05, 0.1) is 6.10 Å². The van der Waals surface area contributed by atoms with Crippen molar-refractivity contribution in [2.45, 2.75) is 70.1 Å². The van der Waals surface area contributed by atoms with Crippen LogP contribution in [0.15, 0.2) is 24.3 Å². The van der Waals surface area contributed by atoms with Gasteiger partial charge in [-0.05, 0) is 49.7 Å². The number of benzene rings is 1. The second-order valence-corrected chi connectivity index (χ2v) is 6.48. The molecule has 2 bridgehead atoms. The molecule has 2 atom stereocenters. The highest BCUT2D eigenvalue weighted by atomic mass is 16.3. The van der Waals surface area contributed by atoms with Crippen LogP contribution < -0.4 is 0 Å². The Bertz CT molecular complexity index is 482. The number of piperidine rings is 1. The Morgan fingerprint density at radius 2 is 1.71 bits per heavy atom. The van der Waals surface area contributed by atoms with Gasteiger partial charge in [-0.3, -0.25) is 4.79 Å². The van der Waals surface area contributed by atoms with E-state index >= 15 is 0 Å². The van der Waals surface area contributed by atoms with E-state index in [9.17, 15) is 9.90 Å². The summed E-state index contributed by atoms with van der Waals surface area (Å²) in [6, 6.07) is 9.16. The van der Waals surface area contributed by atoms with E-state index in [-0.39, 0.29) is 24.1 Å². The summed E-state index contributed by atoms with van der Waals surface area (Å²) >= 11 is 0. The number of hydrogen-bond donors (Lipinski definition) is 1. The first kappa shape index (κ1) is 14.6. The molecule has 1 N–H and O–H groups in total. The van der Waals surface area contributed by atoms with Crippen molar-refractivity contribution < 1.29 is 9.90 Å². The maximum atomic E-state index is 12.5. The molecule has 0 aliphatic carbocycles. The first-order valence-corrected chi connectivity index (χ1v) is 8.24. The molecule has 21 heavy (non-hydrogen) atoms. The predicted molar refractivity (Wildman–Crippen MR) is 83.0 cm³/mol. The maximum Gasteiger partial charge on any atom is 0.223 e. The standard InChI is InChI=1S/C18H25NO2/c1-2-13-3-5-14(6-4-13)7-10-18(21)19-15-8-9-16(19)12-17(20)11-15/h3-6,15-17,20H,2,7-12H2,1H3. The highest BCUT2D eigenvalue weighted by Crippen LogP contribution is 2.36. The minimum Gasteiger partial charge on any atom is -0.393 e. The van der Waals surface area contributed by atoms with Gasteiger partial charge >= 0.3 is 0 Å². The van der Waals surface area contributed by atoms with E-state index in [1.807, 2.05) is 0 Å². The molecule has 0 saturated carbocycles. The molecule has 114 valence electrons. The summed E-state index contributed by atoms with van der Waals surface area (Å²) in [5.41, 5.74) is 2.58. The van der Waals surface area contributed by atoms with Gasteiger partial charge in [0.25, 0.3) is 0 Å². The minimum absolute atomic E-state index is 0.201. The third-order valence-electron chi connectivity index (χ3n) is 5.05. The van der Waals surface area contributed by atoms with Crippen LogP contribution in [0.1, 0.15) is 50.2 Å². The van der Waals surface area contributed by atoms with Gasteiger partial charge < -0.3 is 10.0 Å². The number of carbonyl (C=O) groups is 1. The smallest absolute Gasteiger partial charge is 0.223 e. The lowest BCUT2D eigenvalue weighted by Crippen LogP contribution is -2.48. The van der Waals surface area contributed by atoms with Gasteiger partial charge in [-0.2, -0.15) is 0 Å². The SMILES string of the molecule is CCc1ccc(CCC(=O)N2C3CCC2CC(O)C3)cc1. The third-order valence-corrected chi connectivity index (χ3v) is 5.05. The van der Waals surface area contributed by atoms with Gasteiger partial charge in [0.1, 0.15) is 0 Å². The number of hydrogen-bond acceptors (Lipinski definition) is 2. The lowest BCUT2D eigenvalue weighted by molar-refractivity contribution is -0.137. The van der Waals surface area contributed by atoms with Crippen LogP contribution in [0.2, 0.25) is 0 Å². The van der Waals surface area contributed by atoms with Crippen LogP contribution in [0.4, 0.5) is 0 Å². The topological polar surface area (TPSA) is 40.5 Å². The Hall–Kier alpha value is -1.35. The van der Waals surface area contributed by atoms with Crippen molar-refractivity contribution in [3.63, 3.8) is 0 Å². The van der Waals surface area contributed by atoms with E-state index in [0.29, 0.717) is 6.42 Å². The Kier molecular flexibility index (Phi) is 4.29. The van der Waals surface area contributed by atoms with E-state index < -0.39 is 0 Å². The number of aliphatic hydroxyl groups excluding tert-OH is 1. The van der Waals surface area contributed by atoms with E-state index in [1.165, 1.54) is 11.1 Å². The van der Waals surface area contributed by atoms with Crippen molar-refractivity contribution in [1.29, 1.82) is 0 Å². The molecule has 1 aromatic carbocycles. The van der Waals surface area contributed by atoms with Crippen molar-refractivity contribution >= 4 is 5.91 Å². The Morgan fingerprint density at radius 1 is 1.14 bits per heavy atom. The molecule has 3 nitrogen and oxygen atoms in total. The molecule has 2 aliphatic heterocycles. The zero-order valence-electron chi connectivity index (χ0n) is 12.8. The fourth-order valence-corrected chi connectivity index (χ4v) is 3.88. The molecule has 0 aromatic heterocycles. The summed E-state index contributed by atoms with van der Waals surface area (Å²) in [7, 11) is 0. The highest BCUT2D eigenvalue weighted by molar-refractivity contribution is 5.77. The highest BCUT2D eigenvalue weighted by Gasteiger charge is 2.42. The number of fused-ring (bicyclic) bond motifs is 2. The average Bonchev–Trinajstić information content (AvgIpc) is 2.77. The largest absolute Gasteiger partial charge is 0.393 e. The van der Waals surface area contributed by atoms with Gasteiger partial charge in [-0.15, -0.1) is 0 Å². The second kappa shape index (κ2) is 6.18. The predicted octanol–water partition coefficient (Wildman–Crippen LogP) is 2.70. The molecule has 3 rings (SSSR count). The monoisotopic (exact) mass is 287 g/mol. The van der Waals surface area contributed by atoms with Crippen LogP contribution in [0, 0.1) is 0 Å². The van der Waals surface area contributed by atoms with E-state index in [2.05, 4.69) is 36.1 Å². The number of amides is 1. The van der Waals surface area contributed by atoms with E-state index in [4.69, 9.17) is 0 Å². The molecule has 1 aromatic rings. The van der Waals surface area contributed by atoms with Crippen molar-refractivity contribution in [1.82, 2.24) is 4.90 Å². The lowest BCUT2D eigenvalue weighted by Gasteiger charge is -2.37. The van der Waals surface area contributed by atoms with Crippen molar-refractivity contribution in [2.75, 3.05) is 0 Å². The van der Waals surface area contributed by atoms with Gasteiger partial charge in [-0.25, -0.2) is 0 Å². The molecular weight excluding hydrogens is 262 g/mol. The first-order chi connectivity index (χ1) is 10.2. The normalized spacial score (nSPS) is 27.9. The first-order valence-electron chi connectivity index (χ1n) is 8.24. The minimum atomic E-state index is -0.201. The Morgan fingerprint density at radius 3 is 2.29 bits per heavy atom. The number of aryl methyl sites for hydroxylation is 2. The maximum absolute atomic E-state index is 12.5. The van der Waals surface area contributed by atoms with Gasteiger partial charge in [-0.1, -0.05) is 31.2 Å². The Labute approximate surface area is 127 Å². The van der Waals surface area contributed by atoms with Gasteiger partial charge in [0.2, 0.25) is 5.91 Å². The van der Waals surface area contributed by atoms with Gasteiger partial charge in [0.15, 0.2) is 0 Å². The van der Waals surface area contributed by atoms with Crippen LogP contribution >= 0.6 is 0 Å². The Balaban J connectivity index is 1.57. The summed E-state index contributed by atoms with van der Waals surface area (Å²) < 4.78 is 0. The number of aliphatic hydroxyl groups is 1. The number of nitrogens with zero attached hydrogens (tertiary/aromatic N) is 1. The van der Waals surface area contributed by atoms with Crippen molar-refractivity contribution in [3.8, 4) is 0 Å². The van der Waals surface area contributed by atoms with Crippen LogP contribution in [-0.4, -0.2) is 34.1 Å². The summed E-state index contributed by atoms with van der Waals surface area (Å²) in [6.45, 7) is 2.15. The number of carbonyl (C=O) groups excluding carboxylic acids is 1. The summed E-state index contributed by atoms with van der Waals surface area (Å²) in [5, 5.41) is 9.81. The van der Waals surface area contributed by atoms with Crippen LogP contribution in [0.5, 0.6) is 0 Å². The van der Waals surface area contributed by atoms with Crippen LogP contribution in [-0.2, 0) is 17.6 Å². The molecule has 1 amide bonds. The molecular formula is C18H25NO2. The number of rotatable bonds is 4. The molecule has 2 saturated heterocycles. The van der Waals surface area contributed by atoms with Crippen LogP contribution in [0.3, 0.4) is 0 Å². The molecule has 2 unspecified atom stereocenters. The summed E-state index contributed by atoms with van der Waals surface area (Å²) in [6.07, 6.45) is 5.94. The lowest BCUT2D eigenvalue weighted by atomic mass is 9.98. The van der Waals surface area contributed by atoms with E-state index in [1.54, 1.807) is 0 Å². The molecule has 0 radical (unpaired) electrons. The van der Waals surface area contributed by atoms with Crippen molar-refractivity contribution in [3.05, 3.63) is 35.4 Å². The molecule has 2 heterocycles. The quantitative estimate of drug-likeness (QED) is 0.925. The second-order valence-electron chi connectivity index (χ2n) is 6.48. The molecule has 2 fully saturated rings. The molecule has 2 aliphatic rings. The molecule has 3 heteroatoms. The average molecular weight is 287 g/mol. The zero-order valence-corrected chi connectivity index (χ0v) is 12.8. The van der Waals surface area contributed by atoms with Gasteiger partial charge in [0, 0.05) is 18.5 Å². The third kappa shape index (κ3) is 3.13. The summed E-state index contributed by atoms with van der Waals surface area (Å²) in [5.74, 6) is 0.272. The fourth-order valence-electron chi connectivity index (χ4n) is 3.88. The summed E-state index contributed by atoms with van der Waals surface area (Å²) in [4.78, 5) is 14.6. The van der Waals surface area contributed by atoms with Crippen molar-refractivity contribution in [2.24, 2.45) is 0 Å². The fraction of sp³-hybridized carbons (Fsp3) is 0.611. The zero-order chi connectivity index (χ0) is 14.8. The van der Waals surface area contributed by atoms with E-state index in [0.717, 1.165) is 38.5 Å².